The molecule has 7 heteroatoms. The van der Waals surface area contributed by atoms with Gasteiger partial charge in [0, 0.05) is 31.3 Å². The lowest BCUT2D eigenvalue weighted by Gasteiger charge is -2.20. The van der Waals surface area contributed by atoms with E-state index in [9.17, 15) is 14.9 Å². The third-order valence-corrected chi connectivity index (χ3v) is 3.02. The average molecular weight is 250 g/mol. The molecule has 7 nitrogen and oxygen atoms in total. The molecule has 1 aromatic carbocycles. The van der Waals surface area contributed by atoms with Crippen molar-refractivity contribution in [2.45, 2.75) is 12.5 Å². The molecular weight excluding hydrogens is 236 g/mol. The first kappa shape index (κ1) is 12.3. The molecule has 1 amide bonds. The Labute approximate surface area is 104 Å². The van der Waals surface area contributed by atoms with Crippen LogP contribution in [0, 0.1) is 10.1 Å². The highest BCUT2D eigenvalue weighted by Gasteiger charge is 2.24. The SMILES string of the molecule is NC(=O)c1cc([N+](=O)[O-])ccc1N1CCC(N)C1. The highest BCUT2D eigenvalue weighted by atomic mass is 16.6. The molecule has 0 saturated carbocycles. The van der Waals surface area contributed by atoms with Crippen molar-refractivity contribution in [2.75, 3.05) is 18.0 Å². The Hall–Kier alpha value is -2.15. The Morgan fingerprint density at radius 1 is 1.50 bits per heavy atom. The smallest absolute Gasteiger partial charge is 0.270 e. The molecule has 0 bridgehead atoms. The fraction of sp³-hybridized carbons (Fsp3) is 0.364. The van der Waals surface area contributed by atoms with E-state index < -0.39 is 10.8 Å². The summed E-state index contributed by atoms with van der Waals surface area (Å²) in [6.45, 7) is 1.34. The summed E-state index contributed by atoms with van der Waals surface area (Å²) >= 11 is 0. The van der Waals surface area contributed by atoms with Gasteiger partial charge >= 0.3 is 0 Å². The maximum absolute atomic E-state index is 11.4. The number of nitrogens with zero attached hydrogens (tertiary/aromatic N) is 2. The van der Waals surface area contributed by atoms with Crippen molar-refractivity contribution in [3.8, 4) is 0 Å². The Morgan fingerprint density at radius 2 is 2.22 bits per heavy atom. The zero-order valence-corrected chi connectivity index (χ0v) is 9.70. The Bertz CT molecular complexity index is 503. The molecule has 18 heavy (non-hydrogen) atoms. The minimum Gasteiger partial charge on any atom is -0.369 e. The fourth-order valence-corrected chi connectivity index (χ4v) is 2.12. The van der Waals surface area contributed by atoms with Crippen LogP contribution in [0.5, 0.6) is 0 Å². The van der Waals surface area contributed by atoms with Crippen molar-refractivity contribution < 1.29 is 9.72 Å². The molecule has 0 aromatic heterocycles. The van der Waals surface area contributed by atoms with E-state index in [4.69, 9.17) is 11.5 Å². The van der Waals surface area contributed by atoms with E-state index in [2.05, 4.69) is 0 Å². The molecule has 1 fully saturated rings. The van der Waals surface area contributed by atoms with Crippen molar-refractivity contribution in [1.82, 2.24) is 0 Å². The van der Waals surface area contributed by atoms with Crippen molar-refractivity contribution >= 4 is 17.3 Å². The number of carbonyl (C=O) groups excluding carboxylic acids is 1. The Morgan fingerprint density at radius 3 is 2.72 bits per heavy atom. The van der Waals surface area contributed by atoms with Crippen LogP contribution < -0.4 is 16.4 Å². The second kappa shape index (κ2) is 4.61. The topological polar surface area (TPSA) is 115 Å². The summed E-state index contributed by atoms with van der Waals surface area (Å²) < 4.78 is 0. The monoisotopic (exact) mass is 250 g/mol. The van der Waals surface area contributed by atoms with E-state index in [0.717, 1.165) is 13.0 Å². The molecule has 0 radical (unpaired) electrons. The largest absolute Gasteiger partial charge is 0.369 e. The van der Waals surface area contributed by atoms with Gasteiger partial charge in [-0.3, -0.25) is 14.9 Å². The number of benzene rings is 1. The number of hydrogen-bond acceptors (Lipinski definition) is 5. The van der Waals surface area contributed by atoms with Gasteiger partial charge in [-0.05, 0) is 12.5 Å². The average Bonchev–Trinajstić information content (AvgIpc) is 2.74. The molecule has 0 aliphatic carbocycles. The van der Waals surface area contributed by atoms with Gasteiger partial charge in [-0.1, -0.05) is 0 Å². The number of nitrogens with two attached hydrogens (primary N) is 2. The number of non-ortho nitro benzene ring substituents is 1. The molecule has 4 N–H and O–H groups in total. The first-order chi connectivity index (χ1) is 8.49. The summed E-state index contributed by atoms with van der Waals surface area (Å²) in [5, 5.41) is 10.7. The number of primary amides is 1. The van der Waals surface area contributed by atoms with Gasteiger partial charge in [-0.25, -0.2) is 0 Å². The molecule has 1 aliphatic rings. The summed E-state index contributed by atoms with van der Waals surface area (Å²) in [7, 11) is 0. The van der Waals surface area contributed by atoms with E-state index in [1.165, 1.54) is 12.1 Å². The van der Waals surface area contributed by atoms with Crippen LogP contribution in [-0.4, -0.2) is 30.0 Å². The standard InChI is InChI=1S/C11H14N4O3/c12-7-3-4-14(6-7)10-2-1-8(15(17)18)5-9(10)11(13)16/h1-2,5,7H,3-4,6,12H2,(H2,13,16). The van der Waals surface area contributed by atoms with E-state index in [-0.39, 0.29) is 17.3 Å². The number of nitro benzene ring substituents is 1. The van der Waals surface area contributed by atoms with Gasteiger partial charge in [0.15, 0.2) is 0 Å². The molecule has 2 rings (SSSR count). The quantitative estimate of drug-likeness (QED) is 0.588. The minimum absolute atomic E-state index is 0.0564. The number of hydrogen-bond donors (Lipinski definition) is 2. The van der Waals surface area contributed by atoms with E-state index in [1.54, 1.807) is 6.07 Å². The molecule has 1 aliphatic heterocycles. The van der Waals surface area contributed by atoms with Gasteiger partial charge in [0.1, 0.15) is 0 Å². The van der Waals surface area contributed by atoms with Gasteiger partial charge in [0.2, 0.25) is 0 Å². The van der Waals surface area contributed by atoms with Crippen molar-refractivity contribution in [3.05, 3.63) is 33.9 Å². The van der Waals surface area contributed by atoms with Crippen LogP contribution in [-0.2, 0) is 0 Å². The number of rotatable bonds is 3. The van der Waals surface area contributed by atoms with E-state index in [1.807, 2.05) is 4.90 Å². The molecule has 1 saturated heterocycles. The third-order valence-electron chi connectivity index (χ3n) is 3.02. The molecule has 96 valence electrons. The van der Waals surface area contributed by atoms with Gasteiger partial charge < -0.3 is 16.4 Å². The van der Waals surface area contributed by atoms with Crippen LogP contribution in [0.2, 0.25) is 0 Å². The Balaban J connectivity index is 2.41. The highest BCUT2D eigenvalue weighted by molar-refractivity contribution is 5.99. The van der Waals surface area contributed by atoms with Crippen molar-refractivity contribution in [3.63, 3.8) is 0 Å². The molecule has 1 aromatic rings. The van der Waals surface area contributed by atoms with Crippen LogP contribution in [0.25, 0.3) is 0 Å². The van der Waals surface area contributed by atoms with Gasteiger partial charge in [-0.15, -0.1) is 0 Å². The van der Waals surface area contributed by atoms with Crippen LogP contribution in [0.1, 0.15) is 16.8 Å². The zero-order valence-electron chi connectivity index (χ0n) is 9.70. The second-order valence-corrected chi connectivity index (χ2v) is 4.32. The summed E-state index contributed by atoms with van der Waals surface area (Å²) in [5.41, 5.74) is 11.7. The van der Waals surface area contributed by atoms with Crippen LogP contribution in [0.4, 0.5) is 11.4 Å². The normalized spacial score (nSPS) is 18.9. The molecule has 0 spiro atoms. The fourth-order valence-electron chi connectivity index (χ4n) is 2.12. The maximum atomic E-state index is 11.4. The van der Waals surface area contributed by atoms with Crippen LogP contribution in [0.3, 0.4) is 0 Å². The number of nitro groups is 1. The van der Waals surface area contributed by atoms with E-state index in [0.29, 0.717) is 12.2 Å². The van der Waals surface area contributed by atoms with Gasteiger partial charge in [-0.2, -0.15) is 0 Å². The molecule has 1 unspecified atom stereocenters. The first-order valence-corrected chi connectivity index (χ1v) is 5.58. The van der Waals surface area contributed by atoms with Crippen LogP contribution >= 0.6 is 0 Å². The molecule has 1 atom stereocenters. The molecular formula is C11H14N4O3. The van der Waals surface area contributed by atoms with Crippen molar-refractivity contribution in [1.29, 1.82) is 0 Å². The Kier molecular flexibility index (Phi) is 3.15. The lowest BCUT2D eigenvalue weighted by molar-refractivity contribution is -0.384. The second-order valence-electron chi connectivity index (χ2n) is 4.32. The van der Waals surface area contributed by atoms with E-state index >= 15 is 0 Å². The summed E-state index contributed by atoms with van der Waals surface area (Å²) in [5.74, 6) is -0.672. The molecule has 1 heterocycles. The van der Waals surface area contributed by atoms with Gasteiger partial charge in [0.25, 0.3) is 11.6 Å². The highest BCUT2D eigenvalue weighted by Crippen LogP contribution is 2.27. The summed E-state index contributed by atoms with van der Waals surface area (Å²) in [6, 6.07) is 4.18. The maximum Gasteiger partial charge on any atom is 0.270 e. The number of anilines is 1. The summed E-state index contributed by atoms with van der Waals surface area (Å²) in [6.07, 6.45) is 0.829. The predicted octanol–water partition coefficient (Wildman–Crippen LogP) is 0.231. The summed E-state index contributed by atoms with van der Waals surface area (Å²) in [4.78, 5) is 23.4. The van der Waals surface area contributed by atoms with Crippen LogP contribution in [0.15, 0.2) is 18.2 Å². The minimum atomic E-state index is -0.672. The zero-order chi connectivity index (χ0) is 13.3. The lowest BCUT2D eigenvalue weighted by Crippen LogP contribution is -2.28. The number of carbonyl (C=O) groups is 1. The third kappa shape index (κ3) is 2.25. The lowest BCUT2D eigenvalue weighted by atomic mass is 10.1. The van der Waals surface area contributed by atoms with Crippen molar-refractivity contribution in [2.24, 2.45) is 11.5 Å². The number of amides is 1. The first-order valence-electron chi connectivity index (χ1n) is 5.58. The van der Waals surface area contributed by atoms with Gasteiger partial charge in [0.05, 0.1) is 16.2 Å². The predicted molar refractivity (Wildman–Crippen MR) is 66.4 cm³/mol.